The van der Waals surface area contributed by atoms with Gasteiger partial charge in [-0.1, -0.05) is 36.9 Å². The number of carbonyl (C=O) groups excluding carboxylic acids is 1. The van der Waals surface area contributed by atoms with E-state index in [1.165, 1.54) is 17.8 Å². The summed E-state index contributed by atoms with van der Waals surface area (Å²) < 4.78 is 15.4. The first-order valence-corrected chi connectivity index (χ1v) is 10.4. The van der Waals surface area contributed by atoms with Gasteiger partial charge in [-0.05, 0) is 57.0 Å². The molecule has 0 saturated heterocycles. The number of para-hydroxylation sites is 1. The molecule has 0 fully saturated rings. The lowest BCUT2D eigenvalue weighted by molar-refractivity contribution is -0.115. The number of aryl methyl sites for hydroxylation is 1. The van der Waals surface area contributed by atoms with Crippen LogP contribution in [0.25, 0.3) is 10.9 Å². The topological polar surface area (TPSA) is 64.0 Å². The monoisotopic (exact) mass is 413 g/mol. The van der Waals surface area contributed by atoms with Crippen LogP contribution in [0.4, 0.5) is 10.1 Å². The maximum absolute atomic E-state index is 13.7. The predicted molar refractivity (Wildman–Crippen MR) is 116 cm³/mol. The number of anilines is 1. The van der Waals surface area contributed by atoms with Crippen molar-refractivity contribution in [3.63, 3.8) is 0 Å². The molecule has 2 aromatic carbocycles. The summed E-state index contributed by atoms with van der Waals surface area (Å²) in [6, 6.07) is 11.7. The summed E-state index contributed by atoms with van der Waals surface area (Å²) in [6.07, 6.45) is 0.761. The van der Waals surface area contributed by atoms with Crippen molar-refractivity contribution in [2.45, 2.75) is 50.6 Å². The molecule has 0 aliphatic carbocycles. The van der Waals surface area contributed by atoms with Crippen molar-refractivity contribution in [1.29, 1.82) is 0 Å². The second kappa shape index (κ2) is 8.78. The van der Waals surface area contributed by atoms with Crippen LogP contribution in [0.3, 0.4) is 0 Å². The van der Waals surface area contributed by atoms with E-state index < -0.39 is 5.25 Å². The van der Waals surface area contributed by atoms with Gasteiger partial charge in [-0.3, -0.25) is 14.2 Å². The predicted octanol–water partition coefficient (Wildman–Crippen LogP) is 4.93. The number of nitrogens with one attached hydrogen (secondary N) is 1. The molecule has 3 rings (SSSR count). The van der Waals surface area contributed by atoms with E-state index in [0.29, 0.717) is 27.3 Å². The number of carbonyl (C=O) groups is 1. The van der Waals surface area contributed by atoms with Gasteiger partial charge in [-0.25, -0.2) is 9.37 Å². The lowest BCUT2D eigenvalue weighted by Gasteiger charge is -2.20. The van der Waals surface area contributed by atoms with E-state index in [2.05, 4.69) is 10.3 Å². The minimum absolute atomic E-state index is 0.0523. The maximum atomic E-state index is 13.7. The fraction of sp³-hybridized carbons (Fsp3) is 0.318. The molecule has 0 unspecified atom stereocenters. The van der Waals surface area contributed by atoms with E-state index >= 15 is 0 Å². The number of rotatable bonds is 6. The fourth-order valence-electron chi connectivity index (χ4n) is 2.91. The summed E-state index contributed by atoms with van der Waals surface area (Å²) in [5, 5.41) is 3.26. The standard InChI is InChI=1S/C22H24FN3O2S/c1-5-14(3)26-21(28)17-8-6-7-9-19(17)25-22(26)29-15(4)20(27)24-16-11-10-13(2)18(23)12-16/h6-12,14-15H,5H2,1-4H3,(H,24,27)/t14-,15-/m0/s1. The Morgan fingerprint density at radius 2 is 1.97 bits per heavy atom. The van der Waals surface area contributed by atoms with Crippen LogP contribution in [-0.4, -0.2) is 20.7 Å². The van der Waals surface area contributed by atoms with Crippen molar-refractivity contribution >= 4 is 34.3 Å². The minimum atomic E-state index is -0.525. The Balaban J connectivity index is 1.90. The molecule has 1 N–H and O–H groups in total. The molecule has 0 aliphatic heterocycles. The molecular weight excluding hydrogens is 389 g/mol. The number of halogens is 1. The third-order valence-corrected chi connectivity index (χ3v) is 5.96. The van der Waals surface area contributed by atoms with E-state index in [9.17, 15) is 14.0 Å². The van der Waals surface area contributed by atoms with E-state index in [1.807, 2.05) is 26.0 Å². The largest absolute Gasteiger partial charge is 0.325 e. The van der Waals surface area contributed by atoms with Crippen molar-refractivity contribution < 1.29 is 9.18 Å². The number of benzene rings is 2. The first-order valence-electron chi connectivity index (χ1n) is 9.56. The third kappa shape index (κ3) is 4.50. The fourth-order valence-corrected chi connectivity index (χ4v) is 3.92. The highest BCUT2D eigenvalue weighted by Gasteiger charge is 2.21. The van der Waals surface area contributed by atoms with Gasteiger partial charge >= 0.3 is 0 Å². The zero-order chi connectivity index (χ0) is 21.1. The van der Waals surface area contributed by atoms with Crippen LogP contribution in [0.2, 0.25) is 0 Å². The Morgan fingerprint density at radius 3 is 2.66 bits per heavy atom. The van der Waals surface area contributed by atoms with Gasteiger partial charge in [0.1, 0.15) is 5.82 Å². The summed E-state index contributed by atoms with van der Waals surface area (Å²) in [7, 11) is 0. The van der Waals surface area contributed by atoms with Crippen LogP contribution in [0, 0.1) is 12.7 Å². The Labute approximate surface area is 173 Å². The molecule has 152 valence electrons. The van der Waals surface area contributed by atoms with Gasteiger partial charge in [0.05, 0.1) is 16.2 Å². The van der Waals surface area contributed by atoms with E-state index in [-0.39, 0.29) is 23.3 Å². The highest BCUT2D eigenvalue weighted by molar-refractivity contribution is 8.00. The first kappa shape index (κ1) is 21.0. The second-order valence-corrected chi connectivity index (χ2v) is 8.37. The zero-order valence-electron chi connectivity index (χ0n) is 16.9. The molecule has 0 spiro atoms. The Bertz CT molecular complexity index is 1110. The second-order valence-electron chi connectivity index (χ2n) is 7.06. The number of aromatic nitrogens is 2. The molecule has 2 atom stereocenters. The molecular formula is C22H24FN3O2S. The normalized spacial score (nSPS) is 13.3. The first-order chi connectivity index (χ1) is 13.8. The van der Waals surface area contributed by atoms with Crippen LogP contribution in [-0.2, 0) is 4.79 Å². The van der Waals surface area contributed by atoms with Crippen LogP contribution in [0.15, 0.2) is 52.4 Å². The number of hydrogen-bond donors (Lipinski definition) is 1. The van der Waals surface area contributed by atoms with Gasteiger partial charge < -0.3 is 5.32 Å². The summed E-state index contributed by atoms with van der Waals surface area (Å²) in [5.41, 5.74) is 1.41. The van der Waals surface area contributed by atoms with Crippen LogP contribution < -0.4 is 10.9 Å². The number of fused-ring (bicyclic) bond motifs is 1. The molecule has 3 aromatic rings. The number of hydrogen-bond acceptors (Lipinski definition) is 4. The molecule has 7 heteroatoms. The van der Waals surface area contributed by atoms with Gasteiger partial charge in [-0.2, -0.15) is 0 Å². The molecule has 1 heterocycles. The Hall–Kier alpha value is -2.67. The molecule has 1 amide bonds. The van der Waals surface area contributed by atoms with Crippen molar-refractivity contribution in [2.24, 2.45) is 0 Å². The summed E-state index contributed by atoms with van der Waals surface area (Å²) in [5.74, 6) is -0.652. The Kier molecular flexibility index (Phi) is 6.37. The number of amides is 1. The molecule has 0 radical (unpaired) electrons. The van der Waals surface area contributed by atoms with Crippen molar-refractivity contribution in [3.05, 3.63) is 64.2 Å². The van der Waals surface area contributed by atoms with Crippen LogP contribution >= 0.6 is 11.8 Å². The van der Waals surface area contributed by atoms with Gasteiger partial charge in [0.25, 0.3) is 5.56 Å². The van der Waals surface area contributed by atoms with Crippen LogP contribution in [0.5, 0.6) is 0 Å². The van der Waals surface area contributed by atoms with E-state index in [4.69, 9.17) is 0 Å². The molecule has 0 aliphatic rings. The SMILES string of the molecule is CC[C@H](C)n1c(S[C@@H](C)C(=O)Nc2ccc(C)c(F)c2)nc2ccccc2c1=O. The number of nitrogens with zero attached hydrogens (tertiary/aromatic N) is 2. The average Bonchev–Trinajstić information content (AvgIpc) is 2.70. The highest BCUT2D eigenvalue weighted by Crippen LogP contribution is 2.26. The number of thioether (sulfide) groups is 1. The van der Waals surface area contributed by atoms with Gasteiger partial charge in [0, 0.05) is 11.7 Å². The summed E-state index contributed by atoms with van der Waals surface area (Å²) >= 11 is 1.22. The third-order valence-electron chi connectivity index (χ3n) is 4.90. The highest BCUT2D eigenvalue weighted by atomic mass is 32.2. The van der Waals surface area contributed by atoms with Gasteiger partial charge in [0.15, 0.2) is 5.16 Å². The molecule has 1 aromatic heterocycles. The van der Waals surface area contributed by atoms with Crippen molar-refractivity contribution in [1.82, 2.24) is 9.55 Å². The van der Waals surface area contributed by atoms with Crippen molar-refractivity contribution in [3.8, 4) is 0 Å². The van der Waals surface area contributed by atoms with E-state index in [0.717, 1.165) is 6.42 Å². The zero-order valence-corrected chi connectivity index (χ0v) is 17.7. The summed E-state index contributed by atoms with van der Waals surface area (Å²) in [4.78, 5) is 30.3. The molecule has 0 bridgehead atoms. The van der Waals surface area contributed by atoms with Gasteiger partial charge in [0.2, 0.25) is 5.91 Å². The van der Waals surface area contributed by atoms with Crippen molar-refractivity contribution in [2.75, 3.05) is 5.32 Å². The van der Waals surface area contributed by atoms with Crippen LogP contribution in [0.1, 0.15) is 38.8 Å². The molecule has 29 heavy (non-hydrogen) atoms. The summed E-state index contributed by atoms with van der Waals surface area (Å²) in [6.45, 7) is 7.37. The smallest absolute Gasteiger partial charge is 0.262 e. The lowest BCUT2D eigenvalue weighted by atomic mass is 10.2. The van der Waals surface area contributed by atoms with Gasteiger partial charge in [-0.15, -0.1) is 0 Å². The molecule has 5 nitrogen and oxygen atoms in total. The quantitative estimate of drug-likeness (QED) is 0.459. The Morgan fingerprint density at radius 1 is 1.24 bits per heavy atom. The lowest BCUT2D eigenvalue weighted by Crippen LogP contribution is -2.28. The molecule has 0 saturated carbocycles. The van der Waals surface area contributed by atoms with E-state index in [1.54, 1.807) is 42.7 Å². The maximum Gasteiger partial charge on any atom is 0.262 e. The minimum Gasteiger partial charge on any atom is -0.325 e. The average molecular weight is 414 g/mol.